The summed E-state index contributed by atoms with van der Waals surface area (Å²) in [6.45, 7) is 2.57. The number of hydrogen-bond acceptors (Lipinski definition) is 4. The molecule has 4 aromatic rings. The van der Waals surface area contributed by atoms with E-state index in [0.29, 0.717) is 12.1 Å². The molecule has 2 unspecified atom stereocenters. The van der Waals surface area contributed by atoms with Gasteiger partial charge in [-0.3, -0.25) is 0 Å². The molecule has 4 N–H and O–H groups in total. The number of carboxylic acids is 2. The summed E-state index contributed by atoms with van der Waals surface area (Å²) in [4.78, 5) is 17.9. The van der Waals surface area contributed by atoms with Crippen molar-refractivity contribution in [2.75, 3.05) is 13.1 Å². The maximum Gasteiger partial charge on any atom is 0.112 e. The summed E-state index contributed by atoms with van der Waals surface area (Å²) < 4.78 is 0. The van der Waals surface area contributed by atoms with Gasteiger partial charge in [-0.15, -0.1) is 0 Å². The molecule has 0 bridgehead atoms. The van der Waals surface area contributed by atoms with E-state index in [2.05, 4.69) is 95.6 Å². The van der Waals surface area contributed by atoms with Crippen LogP contribution < -0.4 is 20.8 Å². The lowest BCUT2D eigenvalue weighted by Crippen LogP contribution is -2.81. The number of quaternary nitrogens is 2. The molecule has 2 aliphatic heterocycles. The van der Waals surface area contributed by atoms with E-state index in [4.69, 9.17) is 19.8 Å². The van der Waals surface area contributed by atoms with E-state index in [1.54, 1.807) is 0 Å². The first-order valence-corrected chi connectivity index (χ1v) is 12.6. The molecular weight excluding hydrogens is 452 g/mol. The van der Waals surface area contributed by atoms with Gasteiger partial charge in [-0.2, -0.15) is 0 Å². The normalized spacial score (nSPS) is 18.7. The second-order valence-corrected chi connectivity index (χ2v) is 9.26. The van der Waals surface area contributed by atoms with Gasteiger partial charge in [-0.1, -0.05) is 84.9 Å². The molecule has 0 spiro atoms. The largest absolute Gasteiger partial charge is 0.543 e. The van der Waals surface area contributed by atoms with Crippen LogP contribution in [0.15, 0.2) is 84.9 Å². The highest BCUT2D eigenvalue weighted by atomic mass is 16.4. The van der Waals surface area contributed by atoms with Crippen LogP contribution in [0.2, 0.25) is 0 Å². The number of fused-ring (bicyclic) bond motifs is 2. The van der Waals surface area contributed by atoms with Gasteiger partial charge in [0.15, 0.2) is 0 Å². The molecule has 0 saturated carbocycles. The first-order valence-electron chi connectivity index (χ1n) is 12.6. The molecule has 2 atom stereocenters. The summed E-state index contributed by atoms with van der Waals surface area (Å²) in [5.74, 6) is -4.37. The van der Waals surface area contributed by atoms with Crippen molar-refractivity contribution in [3.8, 4) is 0 Å². The molecule has 0 amide bonds. The van der Waals surface area contributed by atoms with Crippen LogP contribution in [0.25, 0.3) is 21.5 Å². The van der Waals surface area contributed by atoms with Gasteiger partial charge in [0, 0.05) is 36.8 Å². The fourth-order valence-electron chi connectivity index (χ4n) is 5.26. The van der Waals surface area contributed by atoms with E-state index in [1.165, 1.54) is 71.4 Å². The molecule has 2 saturated heterocycles. The third-order valence-electron chi connectivity index (χ3n) is 6.95. The van der Waals surface area contributed by atoms with E-state index in [1.807, 2.05) is 0 Å². The highest BCUT2D eigenvalue weighted by molar-refractivity contribution is 6.25. The maximum absolute atomic E-state index is 8.93. The Hall–Kier alpha value is -3.74. The zero-order valence-corrected chi connectivity index (χ0v) is 20.3. The summed E-state index contributed by atoms with van der Waals surface area (Å²) >= 11 is 0. The zero-order valence-electron chi connectivity index (χ0n) is 20.3. The number of rotatable bonds is 2. The molecule has 0 aliphatic carbocycles. The number of carboxylic acid groups (broad SMARTS) is 2. The Labute approximate surface area is 211 Å². The predicted octanol–water partition coefficient (Wildman–Crippen LogP) is 0.962. The van der Waals surface area contributed by atoms with E-state index in [-0.39, 0.29) is 0 Å². The minimum Gasteiger partial charge on any atom is -0.543 e. The van der Waals surface area contributed by atoms with E-state index in [0.717, 1.165) is 0 Å². The van der Waals surface area contributed by atoms with Gasteiger partial charge in [-0.25, -0.2) is 0 Å². The lowest BCUT2D eigenvalue weighted by atomic mass is 9.98. The minimum atomic E-state index is -2.19. The zero-order chi connectivity index (χ0) is 25.3. The third kappa shape index (κ3) is 6.27. The lowest BCUT2D eigenvalue weighted by molar-refractivity contribution is -0.676. The van der Waals surface area contributed by atoms with Crippen LogP contribution in [-0.4, -0.2) is 25.0 Å². The SMILES string of the molecule is O=C([O-])C(=O)[O-].c1ccc2c(C3CCC[NH2+]3)cccc2c1.c1ccc2c(C3CCC[NH2+]3)cccc2c1. The van der Waals surface area contributed by atoms with E-state index >= 15 is 0 Å². The smallest absolute Gasteiger partial charge is 0.112 e. The highest BCUT2D eigenvalue weighted by Crippen LogP contribution is 2.27. The summed E-state index contributed by atoms with van der Waals surface area (Å²) in [5, 5.41) is 28.4. The Bertz CT molecular complexity index is 1210. The van der Waals surface area contributed by atoms with Crippen LogP contribution in [0.1, 0.15) is 48.9 Å². The molecule has 0 radical (unpaired) electrons. The van der Waals surface area contributed by atoms with Gasteiger partial charge in [0.25, 0.3) is 0 Å². The van der Waals surface area contributed by atoms with Crippen LogP contribution in [0, 0.1) is 0 Å². The molecular formula is C30H32N2O4. The topological polar surface area (TPSA) is 113 Å². The number of carbonyl (C=O) groups excluding carboxylic acids is 2. The molecule has 6 rings (SSSR count). The average molecular weight is 485 g/mol. The second kappa shape index (κ2) is 12.3. The fourth-order valence-corrected chi connectivity index (χ4v) is 5.26. The van der Waals surface area contributed by atoms with Gasteiger partial charge >= 0.3 is 0 Å². The Morgan fingerprint density at radius 2 is 0.972 bits per heavy atom. The molecule has 6 nitrogen and oxygen atoms in total. The molecule has 4 aromatic carbocycles. The van der Waals surface area contributed by atoms with Crippen LogP contribution in [0.5, 0.6) is 0 Å². The summed E-state index contributed by atoms with van der Waals surface area (Å²) in [6.07, 6.45) is 5.36. The molecule has 0 aromatic heterocycles. The van der Waals surface area contributed by atoms with Gasteiger partial charge in [-0.05, 0) is 21.5 Å². The van der Waals surface area contributed by atoms with Crippen molar-refractivity contribution < 1.29 is 30.4 Å². The molecule has 36 heavy (non-hydrogen) atoms. The van der Waals surface area contributed by atoms with Crippen molar-refractivity contribution in [1.82, 2.24) is 0 Å². The van der Waals surface area contributed by atoms with Gasteiger partial charge < -0.3 is 30.4 Å². The second-order valence-electron chi connectivity index (χ2n) is 9.26. The number of aliphatic carboxylic acids is 2. The first-order chi connectivity index (χ1) is 17.5. The third-order valence-corrected chi connectivity index (χ3v) is 6.95. The molecule has 186 valence electrons. The van der Waals surface area contributed by atoms with Gasteiger partial charge in [0.1, 0.15) is 12.1 Å². The van der Waals surface area contributed by atoms with Crippen LogP contribution >= 0.6 is 0 Å². The van der Waals surface area contributed by atoms with Gasteiger partial charge in [0.2, 0.25) is 0 Å². The van der Waals surface area contributed by atoms with E-state index in [9.17, 15) is 0 Å². The van der Waals surface area contributed by atoms with Crippen LogP contribution in [-0.2, 0) is 9.59 Å². The summed E-state index contributed by atoms with van der Waals surface area (Å²) in [5.41, 5.74) is 3.04. The summed E-state index contributed by atoms with van der Waals surface area (Å²) in [7, 11) is 0. The molecule has 6 heteroatoms. The van der Waals surface area contributed by atoms with E-state index < -0.39 is 11.9 Å². The van der Waals surface area contributed by atoms with Crippen molar-refractivity contribution in [2.45, 2.75) is 37.8 Å². The first kappa shape index (κ1) is 25.4. The monoisotopic (exact) mass is 484 g/mol. The highest BCUT2D eigenvalue weighted by Gasteiger charge is 2.22. The molecule has 2 fully saturated rings. The van der Waals surface area contributed by atoms with Crippen molar-refractivity contribution in [3.05, 3.63) is 96.1 Å². The lowest BCUT2D eigenvalue weighted by Gasteiger charge is -2.10. The number of hydrogen-bond donors (Lipinski definition) is 2. The number of nitrogens with two attached hydrogens (primary N) is 2. The number of benzene rings is 4. The van der Waals surface area contributed by atoms with Crippen LogP contribution in [0.3, 0.4) is 0 Å². The van der Waals surface area contributed by atoms with Crippen molar-refractivity contribution in [2.24, 2.45) is 0 Å². The minimum absolute atomic E-state index is 0.691. The maximum atomic E-state index is 8.93. The van der Waals surface area contributed by atoms with Crippen molar-refractivity contribution in [3.63, 3.8) is 0 Å². The Kier molecular flexibility index (Phi) is 8.66. The standard InChI is InChI=1S/2C14H15N.C2H2O4/c2*1-2-7-12-11(5-1)6-3-8-13(12)14-9-4-10-15-14;3-1(4)2(5)6/h2*1-3,5-8,14-15H,4,9-10H2;(H,3,4)(H,5,6). The Balaban J connectivity index is 0.000000139. The van der Waals surface area contributed by atoms with Crippen LogP contribution in [0.4, 0.5) is 0 Å². The number of carbonyl (C=O) groups is 2. The fraction of sp³-hybridized carbons (Fsp3) is 0.267. The quantitative estimate of drug-likeness (QED) is 0.413. The molecule has 2 aliphatic rings. The summed E-state index contributed by atoms with van der Waals surface area (Å²) in [6, 6.07) is 32.1. The predicted molar refractivity (Wildman–Crippen MR) is 135 cm³/mol. The Morgan fingerprint density at radius 3 is 1.33 bits per heavy atom. The average Bonchev–Trinajstić information content (AvgIpc) is 3.64. The van der Waals surface area contributed by atoms with Crippen molar-refractivity contribution in [1.29, 1.82) is 0 Å². The van der Waals surface area contributed by atoms with Gasteiger partial charge in [0.05, 0.1) is 25.0 Å². The Morgan fingerprint density at radius 1 is 0.583 bits per heavy atom. The van der Waals surface area contributed by atoms with Crippen molar-refractivity contribution >= 4 is 33.5 Å². The molecule has 2 heterocycles.